The Kier molecular flexibility index (Phi) is 5.16. The first-order valence-electron chi connectivity index (χ1n) is 8.93. The number of nitrogens with zero attached hydrogens (tertiary/aromatic N) is 1. The lowest BCUT2D eigenvalue weighted by Gasteiger charge is -2.19. The molecule has 144 valence electrons. The number of hydrogen-bond acceptors (Lipinski definition) is 6. The predicted octanol–water partition coefficient (Wildman–Crippen LogP) is 4.08. The first-order valence-corrected chi connectivity index (χ1v) is 9.75. The Labute approximate surface area is 167 Å². The first-order chi connectivity index (χ1) is 13.6. The minimum Gasteiger partial charge on any atom is -0.496 e. The van der Waals surface area contributed by atoms with E-state index in [0.717, 1.165) is 26.9 Å². The molecule has 0 atom stereocenters. The molecule has 1 aromatic heterocycles. The Morgan fingerprint density at radius 1 is 1.18 bits per heavy atom. The van der Waals surface area contributed by atoms with E-state index in [2.05, 4.69) is 10.3 Å². The Bertz CT molecular complexity index is 1020. The van der Waals surface area contributed by atoms with Crippen LogP contribution in [0.15, 0.2) is 42.5 Å². The number of aromatic nitrogens is 1. The lowest BCUT2D eigenvalue weighted by atomic mass is 10.2. The Morgan fingerprint density at radius 3 is 2.79 bits per heavy atom. The summed E-state index contributed by atoms with van der Waals surface area (Å²) in [5.74, 6) is 2.01. The van der Waals surface area contributed by atoms with Crippen LogP contribution in [0.2, 0.25) is 0 Å². The Balaban J connectivity index is 1.48. The van der Waals surface area contributed by atoms with Crippen LogP contribution >= 0.6 is 11.3 Å². The molecule has 7 heteroatoms. The van der Waals surface area contributed by atoms with Crippen molar-refractivity contribution in [1.82, 2.24) is 4.98 Å². The second-order valence-corrected chi connectivity index (χ2v) is 7.39. The fourth-order valence-electron chi connectivity index (χ4n) is 3.00. The molecule has 0 radical (unpaired) electrons. The van der Waals surface area contributed by atoms with E-state index in [0.29, 0.717) is 30.4 Å². The van der Waals surface area contributed by atoms with Crippen LogP contribution in [0.1, 0.15) is 10.6 Å². The molecule has 1 aliphatic heterocycles. The molecule has 0 bridgehead atoms. The monoisotopic (exact) mass is 396 g/mol. The molecule has 0 aliphatic carbocycles. The highest BCUT2D eigenvalue weighted by atomic mass is 32.1. The van der Waals surface area contributed by atoms with Crippen LogP contribution in [0.5, 0.6) is 17.2 Å². The topological polar surface area (TPSA) is 69.7 Å². The van der Waals surface area contributed by atoms with Crippen molar-refractivity contribution in [3.8, 4) is 27.8 Å². The van der Waals surface area contributed by atoms with Crippen molar-refractivity contribution in [2.75, 3.05) is 25.6 Å². The zero-order chi connectivity index (χ0) is 19.5. The summed E-state index contributed by atoms with van der Waals surface area (Å²) in [5.41, 5.74) is 2.46. The first kappa shape index (κ1) is 18.3. The number of anilines is 1. The summed E-state index contributed by atoms with van der Waals surface area (Å²) < 4.78 is 16.5. The number of carbonyl (C=O) groups excluding carboxylic acids is 1. The van der Waals surface area contributed by atoms with Gasteiger partial charge in [0.05, 0.1) is 24.8 Å². The maximum atomic E-state index is 12.5. The largest absolute Gasteiger partial charge is 0.496 e. The number of thiazole rings is 1. The number of methoxy groups -OCH3 is 1. The zero-order valence-electron chi connectivity index (χ0n) is 15.7. The van der Waals surface area contributed by atoms with Crippen LogP contribution in [0.25, 0.3) is 10.6 Å². The van der Waals surface area contributed by atoms with Gasteiger partial charge in [-0.1, -0.05) is 12.1 Å². The van der Waals surface area contributed by atoms with Gasteiger partial charge in [-0.25, -0.2) is 4.98 Å². The third kappa shape index (κ3) is 3.80. The van der Waals surface area contributed by atoms with Crippen LogP contribution in [0.3, 0.4) is 0 Å². The molecule has 0 unspecified atom stereocenters. The summed E-state index contributed by atoms with van der Waals surface area (Å²) in [6.45, 7) is 2.97. The number of benzene rings is 2. The number of nitrogens with one attached hydrogen (secondary N) is 1. The molecule has 6 nitrogen and oxygen atoms in total. The van der Waals surface area contributed by atoms with Gasteiger partial charge in [-0.05, 0) is 31.2 Å². The van der Waals surface area contributed by atoms with E-state index < -0.39 is 0 Å². The van der Waals surface area contributed by atoms with Crippen molar-refractivity contribution in [1.29, 1.82) is 0 Å². The summed E-state index contributed by atoms with van der Waals surface area (Å²) in [7, 11) is 1.64. The smallest absolute Gasteiger partial charge is 0.229 e. The predicted molar refractivity (Wildman–Crippen MR) is 109 cm³/mol. The van der Waals surface area contributed by atoms with Crippen LogP contribution in [0.4, 0.5) is 5.69 Å². The molecular formula is C21H20N2O4S. The SMILES string of the molecule is COc1ccccc1-c1nc(C)c(CC(=O)Nc2ccc3c(c2)OCCO3)s1. The number of hydrogen-bond donors (Lipinski definition) is 1. The van der Waals surface area contributed by atoms with Gasteiger partial charge in [-0.2, -0.15) is 0 Å². The van der Waals surface area contributed by atoms with E-state index in [1.807, 2.05) is 43.3 Å². The fraction of sp³-hybridized carbons (Fsp3) is 0.238. The highest BCUT2D eigenvalue weighted by Crippen LogP contribution is 2.35. The van der Waals surface area contributed by atoms with Gasteiger partial charge >= 0.3 is 0 Å². The molecule has 1 amide bonds. The van der Waals surface area contributed by atoms with Gasteiger partial charge < -0.3 is 19.5 Å². The highest BCUT2D eigenvalue weighted by molar-refractivity contribution is 7.15. The number of ether oxygens (including phenoxy) is 3. The van der Waals surface area contributed by atoms with Gasteiger partial charge in [-0.15, -0.1) is 11.3 Å². The summed E-state index contributed by atoms with van der Waals surface area (Å²) in [6.07, 6.45) is 0.257. The van der Waals surface area contributed by atoms with E-state index in [1.54, 1.807) is 13.2 Å². The van der Waals surface area contributed by atoms with E-state index in [-0.39, 0.29) is 12.3 Å². The number of fused-ring (bicyclic) bond motifs is 1. The normalized spacial score (nSPS) is 12.5. The second-order valence-electron chi connectivity index (χ2n) is 6.31. The molecule has 0 spiro atoms. The minimum atomic E-state index is -0.102. The lowest BCUT2D eigenvalue weighted by molar-refractivity contribution is -0.115. The minimum absolute atomic E-state index is 0.102. The van der Waals surface area contributed by atoms with Gasteiger partial charge in [0, 0.05) is 16.6 Å². The zero-order valence-corrected chi connectivity index (χ0v) is 16.5. The van der Waals surface area contributed by atoms with Gasteiger partial charge in [0.25, 0.3) is 0 Å². The molecule has 4 rings (SSSR count). The third-order valence-corrected chi connectivity index (χ3v) is 5.57. The molecule has 1 N–H and O–H groups in total. The summed E-state index contributed by atoms with van der Waals surface area (Å²) in [6, 6.07) is 13.1. The summed E-state index contributed by atoms with van der Waals surface area (Å²) in [5, 5.41) is 3.76. The molecule has 3 aromatic rings. The molecule has 0 fully saturated rings. The van der Waals surface area contributed by atoms with Crippen LogP contribution < -0.4 is 19.5 Å². The molecule has 0 saturated heterocycles. The molecule has 2 heterocycles. The van der Waals surface area contributed by atoms with Crippen LogP contribution in [-0.2, 0) is 11.2 Å². The van der Waals surface area contributed by atoms with Crippen molar-refractivity contribution in [2.24, 2.45) is 0 Å². The Morgan fingerprint density at radius 2 is 1.96 bits per heavy atom. The molecule has 1 aliphatic rings. The van der Waals surface area contributed by atoms with E-state index in [1.165, 1.54) is 11.3 Å². The number of aryl methyl sites for hydroxylation is 1. The van der Waals surface area contributed by atoms with Crippen LogP contribution in [-0.4, -0.2) is 31.2 Å². The van der Waals surface area contributed by atoms with Gasteiger partial charge in [0.2, 0.25) is 5.91 Å². The highest BCUT2D eigenvalue weighted by Gasteiger charge is 2.17. The number of amides is 1. The second kappa shape index (κ2) is 7.90. The number of para-hydroxylation sites is 1. The molecule has 2 aromatic carbocycles. The number of carbonyl (C=O) groups is 1. The average Bonchev–Trinajstić information content (AvgIpc) is 3.07. The Hall–Kier alpha value is -3.06. The quantitative estimate of drug-likeness (QED) is 0.704. The maximum Gasteiger partial charge on any atom is 0.229 e. The van der Waals surface area contributed by atoms with E-state index >= 15 is 0 Å². The van der Waals surface area contributed by atoms with Crippen molar-refractivity contribution in [2.45, 2.75) is 13.3 Å². The fourth-order valence-corrected chi connectivity index (χ4v) is 4.09. The van der Waals surface area contributed by atoms with E-state index in [4.69, 9.17) is 14.2 Å². The van der Waals surface area contributed by atoms with Crippen LogP contribution in [0, 0.1) is 6.92 Å². The average molecular weight is 396 g/mol. The van der Waals surface area contributed by atoms with Crippen molar-refractivity contribution < 1.29 is 19.0 Å². The number of rotatable bonds is 5. The molecule has 0 saturated carbocycles. The summed E-state index contributed by atoms with van der Waals surface area (Å²) in [4.78, 5) is 18.1. The molecular weight excluding hydrogens is 376 g/mol. The molecule has 28 heavy (non-hydrogen) atoms. The van der Waals surface area contributed by atoms with Crippen molar-refractivity contribution >= 4 is 22.9 Å². The van der Waals surface area contributed by atoms with Gasteiger partial charge in [-0.3, -0.25) is 4.79 Å². The van der Waals surface area contributed by atoms with Crippen molar-refractivity contribution in [3.05, 3.63) is 53.0 Å². The maximum absolute atomic E-state index is 12.5. The van der Waals surface area contributed by atoms with Gasteiger partial charge in [0.1, 0.15) is 24.0 Å². The van der Waals surface area contributed by atoms with E-state index in [9.17, 15) is 4.79 Å². The third-order valence-electron chi connectivity index (χ3n) is 4.38. The van der Waals surface area contributed by atoms with Crippen molar-refractivity contribution in [3.63, 3.8) is 0 Å². The summed E-state index contributed by atoms with van der Waals surface area (Å²) >= 11 is 1.51. The standard InChI is InChI=1S/C21H20N2O4S/c1-13-19(28-21(22-13)15-5-3-4-6-16(15)25-2)12-20(24)23-14-7-8-17-18(11-14)27-10-9-26-17/h3-8,11H,9-10,12H2,1-2H3,(H,23,24). The van der Waals surface area contributed by atoms with Gasteiger partial charge in [0.15, 0.2) is 11.5 Å². The lowest BCUT2D eigenvalue weighted by Crippen LogP contribution is -2.17.